The van der Waals surface area contributed by atoms with Gasteiger partial charge in [-0.3, -0.25) is 14.8 Å². The second-order valence-electron chi connectivity index (χ2n) is 4.84. The van der Waals surface area contributed by atoms with Crippen molar-refractivity contribution in [1.29, 1.82) is 0 Å². The number of carbonyl (C=O) groups excluding carboxylic acids is 1. The SMILES string of the molecule is O=C(Nc1ccc(NCc2ccncc2)nc1)c1cccnc1. The lowest BCUT2D eigenvalue weighted by molar-refractivity contribution is 0.102. The second kappa shape index (κ2) is 7.13. The van der Waals surface area contributed by atoms with Crippen LogP contribution in [-0.4, -0.2) is 20.9 Å². The van der Waals surface area contributed by atoms with Crippen LogP contribution in [0.15, 0.2) is 67.4 Å². The van der Waals surface area contributed by atoms with Gasteiger partial charge < -0.3 is 10.6 Å². The van der Waals surface area contributed by atoms with E-state index in [4.69, 9.17) is 0 Å². The van der Waals surface area contributed by atoms with Crippen LogP contribution in [0.25, 0.3) is 0 Å². The molecule has 0 saturated carbocycles. The number of nitrogens with one attached hydrogen (secondary N) is 2. The zero-order chi connectivity index (χ0) is 15.9. The number of anilines is 2. The number of hydrogen-bond donors (Lipinski definition) is 2. The first-order chi connectivity index (χ1) is 11.3. The van der Waals surface area contributed by atoms with Crippen LogP contribution in [-0.2, 0) is 6.54 Å². The van der Waals surface area contributed by atoms with E-state index in [1.54, 1.807) is 43.0 Å². The van der Waals surface area contributed by atoms with E-state index in [-0.39, 0.29) is 5.91 Å². The van der Waals surface area contributed by atoms with Gasteiger partial charge in [-0.1, -0.05) is 0 Å². The van der Waals surface area contributed by atoms with E-state index in [0.29, 0.717) is 17.8 Å². The molecule has 6 nitrogen and oxygen atoms in total. The molecule has 1 amide bonds. The number of nitrogens with zero attached hydrogens (tertiary/aromatic N) is 3. The maximum Gasteiger partial charge on any atom is 0.257 e. The molecule has 3 rings (SSSR count). The molecule has 0 aromatic carbocycles. The van der Waals surface area contributed by atoms with Crippen LogP contribution < -0.4 is 10.6 Å². The Hall–Kier alpha value is -3.28. The number of hydrogen-bond acceptors (Lipinski definition) is 5. The van der Waals surface area contributed by atoms with Gasteiger partial charge in [-0.25, -0.2) is 4.98 Å². The largest absolute Gasteiger partial charge is 0.366 e. The summed E-state index contributed by atoms with van der Waals surface area (Å²) in [5.41, 5.74) is 2.26. The summed E-state index contributed by atoms with van der Waals surface area (Å²) >= 11 is 0. The lowest BCUT2D eigenvalue weighted by Gasteiger charge is -2.08. The molecule has 0 aliphatic carbocycles. The lowest BCUT2D eigenvalue weighted by Crippen LogP contribution is -2.12. The highest BCUT2D eigenvalue weighted by Gasteiger charge is 2.05. The third-order valence-corrected chi connectivity index (χ3v) is 3.17. The fourth-order valence-corrected chi connectivity index (χ4v) is 1.97. The highest BCUT2D eigenvalue weighted by atomic mass is 16.1. The van der Waals surface area contributed by atoms with Crippen molar-refractivity contribution < 1.29 is 4.79 Å². The molecule has 0 aliphatic heterocycles. The van der Waals surface area contributed by atoms with Crippen LogP contribution in [0.5, 0.6) is 0 Å². The highest BCUT2D eigenvalue weighted by Crippen LogP contribution is 2.12. The molecule has 0 spiro atoms. The van der Waals surface area contributed by atoms with Gasteiger partial charge in [-0.2, -0.15) is 0 Å². The summed E-state index contributed by atoms with van der Waals surface area (Å²) < 4.78 is 0. The average molecular weight is 305 g/mol. The molecule has 3 aromatic rings. The van der Waals surface area contributed by atoms with Crippen molar-refractivity contribution in [2.24, 2.45) is 0 Å². The fraction of sp³-hybridized carbons (Fsp3) is 0.0588. The van der Waals surface area contributed by atoms with Crippen molar-refractivity contribution in [2.75, 3.05) is 10.6 Å². The average Bonchev–Trinajstić information content (AvgIpc) is 2.63. The second-order valence-corrected chi connectivity index (χ2v) is 4.84. The zero-order valence-corrected chi connectivity index (χ0v) is 12.3. The van der Waals surface area contributed by atoms with Crippen LogP contribution in [0.1, 0.15) is 15.9 Å². The topological polar surface area (TPSA) is 79.8 Å². The third kappa shape index (κ3) is 4.10. The number of pyridine rings is 3. The van der Waals surface area contributed by atoms with Gasteiger partial charge in [0.25, 0.3) is 5.91 Å². The molecule has 0 saturated heterocycles. The third-order valence-electron chi connectivity index (χ3n) is 3.17. The summed E-state index contributed by atoms with van der Waals surface area (Å²) in [7, 11) is 0. The molecular formula is C17H15N5O. The molecule has 6 heteroatoms. The molecule has 114 valence electrons. The predicted octanol–water partition coefficient (Wildman–Crippen LogP) is 2.74. The Bertz CT molecular complexity index is 760. The molecule has 3 aromatic heterocycles. The minimum Gasteiger partial charge on any atom is -0.366 e. The molecule has 0 radical (unpaired) electrons. The Balaban J connectivity index is 1.58. The Morgan fingerprint density at radius 3 is 2.52 bits per heavy atom. The maximum atomic E-state index is 12.0. The summed E-state index contributed by atoms with van der Waals surface area (Å²) in [6.45, 7) is 0.664. The van der Waals surface area contributed by atoms with Crippen molar-refractivity contribution in [3.05, 3.63) is 78.5 Å². The monoisotopic (exact) mass is 305 g/mol. The fourth-order valence-electron chi connectivity index (χ4n) is 1.97. The van der Waals surface area contributed by atoms with Crippen LogP contribution in [0.3, 0.4) is 0 Å². The van der Waals surface area contributed by atoms with E-state index >= 15 is 0 Å². The van der Waals surface area contributed by atoms with Crippen molar-refractivity contribution in [3.63, 3.8) is 0 Å². The van der Waals surface area contributed by atoms with E-state index in [1.165, 1.54) is 6.20 Å². The minimum absolute atomic E-state index is 0.211. The van der Waals surface area contributed by atoms with Crippen LogP contribution in [0, 0.1) is 0 Å². The zero-order valence-electron chi connectivity index (χ0n) is 12.3. The lowest BCUT2D eigenvalue weighted by atomic mass is 10.2. The molecule has 0 aliphatic rings. The van der Waals surface area contributed by atoms with Crippen molar-refractivity contribution in [1.82, 2.24) is 15.0 Å². The Labute approximate surface area is 133 Å². The maximum absolute atomic E-state index is 12.0. The Kier molecular flexibility index (Phi) is 4.54. The normalized spacial score (nSPS) is 10.1. The first-order valence-electron chi connectivity index (χ1n) is 7.11. The summed E-state index contributed by atoms with van der Waals surface area (Å²) in [5.74, 6) is 0.526. The molecule has 23 heavy (non-hydrogen) atoms. The molecule has 0 bridgehead atoms. The van der Waals surface area contributed by atoms with E-state index in [2.05, 4.69) is 25.6 Å². The van der Waals surface area contributed by atoms with Crippen molar-refractivity contribution in [3.8, 4) is 0 Å². The van der Waals surface area contributed by atoms with Gasteiger partial charge in [0, 0.05) is 31.3 Å². The molecule has 3 heterocycles. The smallest absolute Gasteiger partial charge is 0.257 e. The summed E-state index contributed by atoms with van der Waals surface area (Å²) in [4.78, 5) is 24.2. The van der Waals surface area contributed by atoms with Crippen LogP contribution in [0.2, 0.25) is 0 Å². The van der Waals surface area contributed by atoms with E-state index in [1.807, 2.05) is 18.2 Å². The molecule has 2 N–H and O–H groups in total. The predicted molar refractivity (Wildman–Crippen MR) is 88.0 cm³/mol. The van der Waals surface area contributed by atoms with E-state index in [9.17, 15) is 4.79 Å². The quantitative estimate of drug-likeness (QED) is 0.757. The van der Waals surface area contributed by atoms with Crippen LogP contribution >= 0.6 is 0 Å². The number of rotatable bonds is 5. The summed E-state index contributed by atoms with van der Waals surface area (Å²) in [6, 6.07) is 10.9. The number of amides is 1. The van der Waals surface area contributed by atoms with Crippen LogP contribution in [0.4, 0.5) is 11.5 Å². The Morgan fingerprint density at radius 2 is 1.83 bits per heavy atom. The first kappa shape index (κ1) is 14.6. The summed E-state index contributed by atoms with van der Waals surface area (Å²) in [5, 5.41) is 5.99. The minimum atomic E-state index is -0.211. The van der Waals surface area contributed by atoms with Crippen molar-refractivity contribution in [2.45, 2.75) is 6.54 Å². The number of aromatic nitrogens is 3. The van der Waals surface area contributed by atoms with Gasteiger partial charge in [-0.15, -0.1) is 0 Å². The molecule has 0 atom stereocenters. The highest BCUT2D eigenvalue weighted by molar-refractivity contribution is 6.03. The number of carbonyl (C=O) groups is 1. The first-order valence-corrected chi connectivity index (χ1v) is 7.11. The summed E-state index contributed by atoms with van der Waals surface area (Å²) in [6.07, 6.45) is 8.27. The van der Waals surface area contributed by atoms with Gasteiger partial charge in [0.1, 0.15) is 5.82 Å². The van der Waals surface area contributed by atoms with Gasteiger partial charge in [0.15, 0.2) is 0 Å². The van der Waals surface area contributed by atoms with Gasteiger partial charge in [-0.05, 0) is 42.0 Å². The molecule has 0 fully saturated rings. The van der Waals surface area contributed by atoms with Gasteiger partial charge in [0.2, 0.25) is 0 Å². The van der Waals surface area contributed by atoms with E-state index in [0.717, 1.165) is 11.4 Å². The molecular weight excluding hydrogens is 290 g/mol. The van der Waals surface area contributed by atoms with Crippen molar-refractivity contribution >= 4 is 17.4 Å². The molecule has 0 unspecified atom stereocenters. The van der Waals surface area contributed by atoms with Gasteiger partial charge in [0.05, 0.1) is 17.4 Å². The standard InChI is InChI=1S/C17H15N5O/c23-17(14-2-1-7-19-11-14)22-15-3-4-16(21-12-15)20-10-13-5-8-18-9-6-13/h1-9,11-12H,10H2,(H,20,21)(H,22,23). The van der Waals surface area contributed by atoms with E-state index < -0.39 is 0 Å². The van der Waals surface area contributed by atoms with Gasteiger partial charge >= 0.3 is 0 Å². The Morgan fingerprint density at radius 1 is 0.957 bits per heavy atom.